The number of amides is 1. The van der Waals surface area contributed by atoms with Gasteiger partial charge in [0.05, 0.1) is 34.0 Å². The topological polar surface area (TPSA) is 59.0 Å². The quantitative estimate of drug-likeness (QED) is 0.495. The van der Waals surface area contributed by atoms with Crippen LogP contribution in [-0.4, -0.2) is 22.2 Å². The molecule has 0 saturated heterocycles. The van der Waals surface area contributed by atoms with E-state index in [0.29, 0.717) is 22.2 Å². The number of aromatic nitrogens is 2. The number of fused-ring (bicyclic) bond motifs is 1. The Labute approximate surface area is 198 Å². The van der Waals surface area contributed by atoms with Gasteiger partial charge < -0.3 is 10.6 Å². The zero-order chi connectivity index (χ0) is 21.3. The largest absolute Gasteiger partial charge is 0.322 e. The van der Waals surface area contributed by atoms with E-state index in [4.69, 9.17) is 23.2 Å². The van der Waals surface area contributed by atoms with E-state index in [0.717, 1.165) is 36.5 Å². The van der Waals surface area contributed by atoms with Gasteiger partial charge in [-0.1, -0.05) is 49.2 Å². The summed E-state index contributed by atoms with van der Waals surface area (Å²) in [7, 11) is 0. The maximum absolute atomic E-state index is 13.1. The highest BCUT2D eigenvalue weighted by Gasteiger charge is 2.21. The number of anilines is 1. The maximum Gasteiger partial charge on any atom is 0.259 e. The zero-order valence-electron chi connectivity index (χ0n) is 17.4. The lowest BCUT2D eigenvalue weighted by atomic mass is 10.00. The van der Waals surface area contributed by atoms with Crippen LogP contribution >= 0.6 is 35.6 Å². The van der Waals surface area contributed by atoms with Crippen LogP contribution in [0.4, 0.5) is 5.69 Å². The lowest BCUT2D eigenvalue weighted by Gasteiger charge is -2.18. The van der Waals surface area contributed by atoms with E-state index in [1.165, 1.54) is 11.1 Å². The van der Waals surface area contributed by atoms with Gasteiger partial charge in [-0.3, -0.25) is 9.48 Å². The van der Waals surface area contributed by atoms with Crippen LogP contribution in [0.5, 0.6) is 0 Å². The van der Waals surface area contributed by atoms with Gasteiger partial charge in [0.1, 0.15) is 0 Å². The molecule has 4 rings (SSSR count). The molecule has 1 aromatic heterocycles. The summed E-state index contributed by atoms with van der Waals surface area (Å²) >= 11 is 12.2. The van der Waals surface area contributed by atoms with Gasteiger partial charge in [-0.25, -0.2) is 0 Å². The number of carbonyl (C=O) groups excluding carboxylic acids is 1. The minimum absolute atomic E-state index is 0. The number of benzene rings is 2. The van der Waals surface area contributed by atoms with Gasteiger partial charge >= 0.3 is 0 Å². The van der Waals surface area contributed by atoms with Crippen molar-refractivity contribution in [2.75, 3.05) is 11.9 Å². The van der Waals surface area contributed by atoms with Crippen LogP contribution in [0.15, 0.2) is 42.6 Å². The molecule has 8 heteroatoms. The summed E-state index contributed by atoms with van der Waals surface area (Å²) in [6, 6.07) is 11.6. The van der Waals surface area contributed by atoms with Gasteiger partial charge in [-0.2, -0.15) is 5.10 Å². The van der Waals surface area contributed by atoms with Crippen LogP contribution in [0.25, 0.3) is 0 Å². The molecule has 1 amide bonds. The molecule has 0 saturated carbocycles. The molecule has 164 valence electrons. The molecule has 0 fully saturated rings. The van der Waals surface area contributed by atoms with Crippen molar-refractivity contribution in [3.8, 4) is 0 Å². The highest BCUT2D eigenvalue weighted by molar-refractivity contribution is 6.42. The van der Waals surface area contributed by atoms with Crippen LogP contribution in [0.1, 0.15) is 52.5 Å². The molecule has 31 heavy (non-hydrogen) atoms. The van der Waals surface area contributed by atoms with Crippen molar-refractivity contribution in [2.24, 2.45) is 0 Å². The zero-order valence-corrected chi connectivity index (χ0v) is 19.7. The van der Waals surface area contributed by atoms with E-state index in [1.54, 1.807) is 12.3 Å². The number of nitrogens with zero attached hydrogens (tertiary/aromatic N) is 2. The fraction of sp³-hybridized carbons (Fsp3) is 0.304. The molecule has 3 aromatic rings. The first kappa shape index (κ1) is 23.6. The highest BCUT2D eigenvalue weighted by atomic mass is 35.5. The van der Waals surface area contributed by atoms with Gasteiger partial charge in [0.25, 0.3) is 5.91 Å². The Balaban J connectivity index is 0.00000272. The lowest BCUT2D eigenvalue weighted by Crippen LogP contribution is -2.23. The summed E-state index contributed by atoms with van der Waals surface area (Å²) in [5.74, 6) is -0.0152. The summed E-state index contributed by atoms with van der Waals surface area (Å²) in [5, 5.41) is 11.9. The molecule has 0 atom stereocenters. The van der Waals surface area contributed by atoms with Crippen molar-refractivity contribution in [2.45, 2.75) is 39.3 Å². The van der Waals surface area contributed by atoms with E-state index in [1.807, 2.05) is 22.9 Å². The molecular formula is C23H25Cl3N4O. The van der Waals surface area contributed by atoms with Crippen LogP contribution < -0.4 is 10.6 Å². The van der Waals surface area contributed by atoms with Crippen molar-refractivity contribution in [1.82, 2.24) is 15.1 Å². The van der Waals surface area contributed by atoms with E-state index in [9.17, 15) is 4.79 Å². The second kappa shape index (κ2) is 10.0. The molecule has 1 aliphatic heterocycles. The summed E-state index contributed by atoms with van der Waals surface area (Å²) < 4.78 is 1.86. The van der Waals surface area contributed by atoms with Gasteiger partial charge in [0.15, 0.2) is 0 Å². The standard InChI is InChI=1S/C23H24Cl2N4O.ClH/c1-14(2)22-19(12-27-29(22)13-15-3-6-20(24)21(25)9-15)23(30)28-18-5-4-17-11-26-8-7-16(17)10-18;/h3-6,9-10,12,14,26H,7-8,11,13H2,1-2H3,(H,28,30);1H. The first-order chi connectivity index (χ1) is 14.4. The fourth-order valence-electron chi connectivity index (χ4n) is 3.87. The molecule has 0 bridgehead atoms. The minimum Gasteiger partial charge on any atom is -0.322 e. The van der Waals surface area contributed by atoms with Crippen molar-refractivity contribution >= 4 is 47.2 Å². The number of nitrogens with one attached hydrogen (secondary N) is 2. The van der Waals surface area contributed by atoms with E-state index >= 15 is 0 Å². The van der Waals surface area contributed by atoms with Crippen LogP contribution in [-0.2, 0) is 19.5 Å². The number of carbonyl (C=O) groups is 1. The molecule has 2 N–H and O–H groups in total. The third kappa shape index (κ3) is 5.24. The minimum atomic E-state index is -0.145. The highest BCUT2D eigenvalue weighted by Crippen LogP contribution is 2.26. The second-order valence-electron chi connectivity index (χ2n) is 7.87. The Kier molecular flexibility index (Phi) is 7.65. The van der Waals surface area contributed by atoms with Crippen molar-refractivity contribution in [3.63, 3.8) is 0 Å². The summed E-state index contributed by atoms with van der Waals surface area (Å²) in [6.07, 6.45) is 2.61. The molecule has 2 heterocycles. The van der Waals surface area contributed by atoms with Crippen LogP contribution in [0.3, 0.4) is 0 Å². The SMILES string of the molecule is CC(C)c1c(C(=O)Nc2ccc3c(c2)CCNC3)cnn1Cc1ccc(Cl)c(Cl)c1.Cl. The van der Waals surface area contributed by atoms with E-state index < -0.39 is 0 Å². The predicted molar refractivity (Wildman–Crippen MR) is 129 cm³/mol. The Morgan fingerprint density at radius 1 is 1.16 bits per heavy atom. The van der Waals surface area contributed by atoms with Gasteiger partial charge in [0.2, 0.25) is 0 Å². The van der Waals surface area contributed by atoms with Gasteiger partial charge in [-0.15, -0.1) is 12.4 Å². The fourth-order valence-corrected chi connectivity index (χ4v) is 4.19. The molecule has 5 nitrogen and oxygen atoms in total. The number of hydrogen-bond donors (Lipinski definition) is 2. The first-order valence-electron chi connectivity index (χ1n) is 10.1. The Morgan fingerprint density at radius 2 is 1.97 bits per heavy atom. The van der Waals surface area contributed by atoms with Crippen LogP contribution in [0.2, 0.25) is 10.0 Å². The van der Waals surface area contributed by atoms with Crippen molar-refractivity contribution in [1.29, 1.82) is 0 Å². The Hall–Kier alpha value is -2.05. The summed E-state index contributed by atoms with van der Waals surface area (Å²) in [6.45, 7) is 6.48. The third-order valence-corrected chi connectivity index (χ3v) is 6.08. The average molecular weight is 480 g/mol. The molecule has 2 aromatic carbocycles. The summed E-state index contributed by atoms with van der Waals surface area (Å²) in [5.41, 5.74) is 5.84. The van der Waals surface area contributed by atoms with E-state index in [2.05, 4.69) is 41.7 Å². The summed E-state index contributed by atoms with van der Waals surface area (Å²) in [4.78, 5) is 13.1. The van der Waals surface area contributed by atoms with Crippen LogP contribution in [0, 0.1) is 0 Å². The van der Waals surface area contributed by atoms with Gasteiger partial charge in [-0.05, 0) is 59.8 Å². The Bertz CT molecular complexity index is 1090. The second-order valence-corrected chi connectivity index (χ2v) is 8.68. The average Bonchev–Trinajstić information content (AvgIpc) is 3.14. The first-order valence-corrected chi connectivity index (χ1v) is 10.8. The van der Waals surface area contributed by atoms with Crippen molar-refractivity contribution in [3.05, 3.63) is 80.6 Å². The van der Waals surface area contributed by atoms with Gasteiger partial charge in [0, 0.05) is 12.2 Å². The number of rotatable bonds is 5. The number of halogens is 3. The Morgan fingerprint density at radius 3 is 2.71 bits per heavy atom. The smallest absolute Gasteiger partial charge is 0.259 e. The normalized spacial score (nSPS) is 12.9. The third-order valence-electron chi connectivity index (χ3n) is 5.34. The molecule has 0 radical (unpaired) electrons. The van der Waals surface area contributed by atoms with Crippen molar-refractivity contribution < 1.29 is 4.79 Å². The molecule has 0 aliphatic carbocycles. The molecule has 1 aliphatic rings. The molecule has 0 unspecified atom stereocenters. The predicted octanol–water partition coefficient (Wildman–Crippen LogP) is 5.68. The van der Waals surface area contributed by atoms with E-state index in [-0.39, 0.29) is 24.2 Å². The molecule has 0 spiro atoms. The molecular weight excluding hydrogens is 455 g/mol. The number of hydrogen-bond acceptors (Lipinski definition) is 3. The lowest BCUT2D eigenvalue weighted by molar-refractivity contribution is 0.102. The monoisotopic (exact) mass is 478 g/mol. The maximum atomic E-state index is 13.1.